The first-order valence-electron chi connectivity index (χ1n) is 4.48. The number of hydrogen-bond donors (Lipinski definition) is 0. The molecule has 0 spiro atoms. The van der Waals surface area contributed by atoms with Crippen LogP contribution < -0.4 is 4.74 Å². The van der Waals surface area contributed by atoms with Gasteiger partial charge in [-0.25, -0.2) is 0 Å². The van der Waals surface area contributed by atoms with Gasteiger partial charge in [-0.2, -0.15) is 0 Å². The van der Waals surface area contributed by atoms with Crippen molar-refractivity contribution in [1.82, 2.24) is 4.98 Å². The number of fused-ring (bicyclic) bond motifs is 1. The van der Waals surface area contributed by atoms with Gasteiger partial charge in [0.25, 0.3) is 0 Å². The molecule has 0 atom stereocenters. The zero-order valence-electron chi connectivity index (χ0n) is 7.83. The number of hydrogen-bond acceptors (Lipinski definition) is 2. The molecular weight excluding hydrogens is 242 g/mol. The molecule has 1 aromatic heterocycles. The zero-order valence-corrected chi connectivity index (χ0v) is 9.41. The first-order chi connectivity index (χ1) is 6.81. The molecule has 0 N–H and O–H groups in total. The maximum atomic E-state index is 5.51. The summed E-state index contributed by atoms with van der Waals surface area (Å²) < 4.78 is 6.55. The summed E-state index contributed by atoms with van der Waals surface area (Å²) in [6, 6.07) is 7.86. The second kappa shape index (κ2) is 3.96. The van der Waals surface area contributed by atoms with E-state index in [4.69, 9.17) is 4.74 Å². The molecule has 1 heterocycles. The standard InChI is InChI=1S/C11H10BrNO/c1-2-14-11-5-6-13-10-4-3-8(12)7-9(10)11/h3-7H,2H2,1H3. The smallest absolute Gasteiger partial charge is 0.130 e. The van der Waals surface area contributed by atoms with E-state index in [0.29, 0.717) is 6.61 Å². The Balaban J connectivity index is 2.64. The highest BCUT2D eigenvalue weighted by Gasteiger charge is 2.02. The molecule has 0 aliphatic rings. The van der Waals surface area contributed by atoms with Crippen molar-refractivity contribution in [3.63, 3.8) is 0 Å². The van der Waals surface area contributed by atoms with Crippen LogP contribution in [0.1, 0.15) is 6.92 Å². The van der Waals surface area contributed by atoms with E-state index >= 15 is 0 Å². The van der Waals surface area contributed by atoms with Crippen molar-refractivity contribution in [1.29, 1.82) is 0 Å². The Kier molecular flexibility index (Phi) is 2.68. The van der Waals surface area contributed by atoms with Gasteiger partial charge in [0.15, 0.2) is 0 Å². The fraction of sp³-hybridized carbons (Fsp3) is 0.182. The number of ether oxygens (including phenoxy) is 1. The Labute approximate surface area is 91.0 Å². The summed E-state index contributed by atoms with van der Waals surface area (Å²) in [5, 5.41) is 1.05. The van der Waals surface area contributed by atoms with Crippen molar-refractivity contribution in [2.45, 2.75) is 6.92 Å². The van der Waals surface area contributed by atoms with E-state index < -0.39 is 0 Å². The third-order valence-electron chi connectivity index (χ3n) is 1.96. The minimum absolute atomic E-state index is 0.672. The van der Waals surface area contributed by atoms with Crippen LogP contribution in [0.25, 0.3) is 10.9 Å². The Bertz CT molecular complexity index is 456. The van der Waals surface area contributed by atoms with E-state index in [9.17, 15) is 0 Å². The van der Waals surface area contributed by atoms with Crippen LogP contribution in [-0.4, -0.2) is 11.6 Å². The molecule has 14 heavy (non-hydrogen) atoms. The fourth-order valence-electron chi connectivity index (χ4n) is 1.37. The second-order valence-corrected chi connectivity index (χ2v) is 3.82. The van der Waals surface area contributed by atoms with E-state index in [1.165, 1.54) is 0 Å². The topological polar surface area (TPSA) is 22.1 Å². The third-order valence-corrected chi connectivity index (χ3v) is 2.46. The molecule has 0 saturated heterocycles. The Morgan fingerprint density at radius 3 is 3.00 bits per heavy atom. The molecule has 0 radical (unpaired) electrons. The van der Waals surface area contributed by atoms with Crippen LogP contribution in [0.3, 0.4) is 0 Å². The number of nitrogens with zero attached hydrogens (tertiary/aromatic N) is 1. The minimum Gasteiger partial charge on any atom is -0.493 e. The highest BCUT2D eigenvalue weighted by molar-refractivity contribution is 9.10. The summed E-state index contributed by atoms with van der Waals surface area (Å²) in [4.78, 5) is 4.26. The predicted octanol–water partition coefficient (Wildman–Crippen LogP) is 3.40. The molecule has 1 aromatic carbocycles. The average Bonchev–Trinajstić information content (AvgIpc) is 2.19. The van der Waals surface area contributed by atoms with Gasteiger partial charge in [0.1, 0.15) is 5.75 Å². The van der Waals surface area contributed by atoms with E-state index in [1.807, 2.05) is 31.2 Å². The van der Waals surface area contributed by atoms with Gasteiger partial charge in [0, 0.05) is 16.1 Å². The third kappa shape index (κ3) is 1.73. The Morgan fingerprint density at radius 2 is 2.21 bits per heavy atom. The second-order valence-electron chi connectivity index (χ2n) is 2.90. The molecule has 3 heteroatoms. The van der Waals surface area contributed by atoms with Crippen LogP contribution in [0.15, 0.2) is 34.9 Å². The van der Waals surface area contributed by atoms with Crippen molar-refractivity contribution in [3.05, 3.63) is 34.9 Å². The van der Waals surface area contributed by atoms with Gasteiger partial charge < -0.3 is 4.74 Å². The Morgan fingerprint density at radius 1 is 1.36 bits per heavy atom. The highest BCUT2D eigenvalue weighted by atomic mass is 79.9. The van der Waals surface area contributed by atoms with E-state index in [2.05, 4.69) is 20.9 Å². The van der Waals surface area contributed by atoms with Crippen LogP contribution in [-0.2, 0) is 0 Å². The summed E-state index contributed by atoms with van der Waals surface area (Å²) in [5.41, 5.74) is 0.958. The molecule has 2 aromatic rings. The zero-order chi connectivity index (χ0) is 9.97. The van der Waals surface area contributed by atoms with Crippen LogP contribution in [0.5, 0.6) is 5.75 Å². The van der Waals surface area contributed by atoms with Gasteiger partial charge in [0.05, 0.1) is 12.1 Å². The number of rotatable bonds is 2. The molecule has 0 bridgehead atoms. The van der Waals surface area contributed by atoms with Crippen LogP contribution in [0, 0.1) is 0 Å². The first-order valence-corrected chi connectivity index (χ1v) is 5.27. The number of benzene rings is 1. The SMILES string of the molecule is CCOc1ccnc2ccc(Br)cc12. The molecule has 0 aliphatic heterocycles. The van der Waals surface area contributed by atoms with Gasteiger partial charge in [-0.3, -0.25) is 4.98 Å². The lowest BCUT2D eigenvalue weighted by atomic mass is 10.2. The molecule has 72 valence electrons. The molecule has 2 rings (SSSR count). The lowest BCUT2D eigenvalue weighted by molar-refractivity contribution is 0.344. The normalized spacial score (nSPS) is 10.4. The predicted molar refractivity (Wildman–Crippen MR) is 60.6 cm³/mol. The summed E-state index contributed by atoms with van der Waals surface area (Å²) in [6.07, 6.45) is 1.77. The van der Waals surface area contributed by atoms with Gasteiger partial charge in [-0.1, -0.05) is 15.9 Å². The minimum atomic E-state index is 0.672. The van der Waals surface area contributed by atoms with Crippen molar-refractivity contribution < 1.29 is 4.74 Å². The molecule has 0 saturated carbocycles. The lowest BCUT2D eigenvalue weighted by Gasteiger charge is -2.06. The fourth-order valence-corrected chi connectivity index (χ4v) is 1.74. The monoisotopic (exact) mass is 251 g/mol. The van der Waals surface area contributed by atoms with Crippen molar-refractivity contribution in [2.75, 3.05) is 6.61 Å². The van der Waals surface area contributed by atoms with Crippen molar-refractivity contribution in [2.24, 2.45) is 0 Å². The number of pyridine rings is 1. The van der Waals surface area contributed by atoms with Gasteiger partial charge in [0.2, 0.25) is 0 Å². The summed E-state index contributed by atoms with van der Waals surface area (Å²) in [6.45, 7) is 2.65. The molecule has 2 nitrogen and oxygen atoms in total. The van der Waals surface area contributed by atoms with Crippen molar-refractivity contribution >= 4 is 26.8 Å². The molecular formula is C11H10BrNO. The number of aromatic nitrogens is 1. The Hall–Kier alpha value is -1.09. The van der Waals surface area contributed by atoms with Gasteiger partial charge in [-0.05, 0) is 31.2 Å². The average molecular weight is 252 g/mol. The van der Waals surface area contributed by atoms with Crippen LogP contribution >= 0.6 is 15.9 Å². The lowest BCUT2D eigenvalue weighted by Crippen LogP contribution is -1.92. The van der Waals surface area contributed by atoms with Crippen LogP contribution in [0.2, 0.25) is 0 Å². The van der Waals surface area contributed by atoms with E-state index in [0.717, 1.165) is 21.1 Å². The molecule has 0 unspecified atom stereocenters. The first kappa shape index (κ1) is 9.46. The summed E-state index contributed by atoms with van der Waals surface area (Å²) >= 11 is 3.43. The highest BCUT2D eigenvalue weighted by Crippen LogP contribution is 2.26. The van der Waals surface area contributed by atoms with Gasteiger partial charge in [-0.15, -0.1) is 0 Å². The largest absolute Gasteiger partial charge is 0.493 e. The summed E-state index contributed by atoms with van der Waals surface area (Å²) in [5.74, 6) is 0.888. The van der Waals surface area contributed by atoms with E-state index in [1.54, 1.807) is 6.20 Å². The molecule has 0 fully saturated rings. The van der Waals surface area contributed by atoms with E-state index in [-0.39, 0.29) is 0 Å². The molecule has 0 amide bonds. The van der Waals surface area contributed by atoms with Gasteiger partial charge >= 0.3 is 0 Å². The number of halogens is 1. The maximum Gasteiger partial charge on any atom is 0.130 e. The van der Waals surface area contributed by atoms with Crippen molar-refractivity contribution in [3.8, 4) is 5.75 Å². The quantitative estimate of drug-likeness (QED) is 0.817. The summed E-state index contributed by atoms with van der Waals surface area (Å²) in [7, 11) is 0. The molecule has 0 aliphatic carbocycles. The maximum absolute atomic E-state index is 5.51. The van der Waals surface area contributed by atoms with Crippen LogP contribution in [0.4, 0.5) is 0 Å².